The molecule has 0 bridgehead atoms. The highest BCUT2D eigenvalue weighted by atomic mass is 16.6. The van der Waals surface area contributed by atoms with Gasteiger partial charge in [0.1, 0.15) is 0 Å². The summed E-state index contributed by atoms with van der Waals surface area (Å²) in [4.78, 5) is 58.4. The minimum absolute atomic E-state index is 0.103. The number of carbonyl (C=O) groups is 4. The molecule has 2 aromatic rings. The van der Waals surface area contributed by atoms with Gasteiger partial charge in [-0.25, -0.2) is 0 Å². The summed E-state index contributed by atoms with van der Waals surface area (Å²) in [6.45, 7) is 7.42. The Bertz CT molecular complexity index is 1260. The van der Waals surface area contributed by atoms with Crippen LogP contribution in [0.15, 0.2) is 73.3 Å². The number of aryl methyl sites for hydroxylation is 2. The van der Waals surface area contributed by atoms with Crippen LogP contribution in [0.4, 0.5) is 0 Å². The molecule has 2 aromatic carbocycles. The van der Waals surface area contributed by atoms with E-state index in [1.807, 2.05) is 38.1 Å². The molecule has 222 valence electrons. The summed E-state index contributed by atoms with van der Waals surface area (Å²) in [5.41, 5.74) is 3.25. The van der Waals surface area contributed by atoms with E-state index in [0.717, 1.165) is 11.1 Å². The van der Waals surface area contributed by atoms with Crippen molar-refractivity contribution in [3.63, 3.8) is 0 Å². The van der Waals surface area contributed by atoms with Crippen LogP contribution >= 0.6 is 0 Å². The molecule has 4 unspecified atom stereocenters. The first kappa shape index (κ1) is 30.4. The number of rotatable bonds is 11. The Kier molecular flexibility index (Phi) is 9.35. The Hall–Kier alpha value is -4.60. The number of carbonyl (C=O) groups excluding carboxylic acids is 4. The number of hydrogen-bond donors (Lipinski definition) is 0. The first-order valence-corrected chi connectivity index (χ1v) is 13.9. The Morgan fingerprint density at radius 2 is 0.952 bits per heavy atom. The molecule has 0 N–H and O–H groups in total. The first-order chi connectivity index (χ1) is 20.0. The molecular weight excluding hydrogens is 536 g/mol. The summed E-state index contributed by atoms with van der Waals surface area (Å²) in [7, 11) is 3.48. The number of ketones is 2. The average molecular weight is 575 g/mol. The topological polar surface area (TPSA) is 99.7 Å². The lowest BCUT2D eigenvalue weighted by Gasteiger charge is -2.33. The van der Waals surface area contributed by atoms with Crippen LogP contribution in [0, 0.1) is 13.8 Å². The lowest BCUT2D eigenvalue weighted by Crippen LogP contribution is -2.47. The third kappa shape index (κ3) is 6.82. The number of ether oxygens (including phenoxy) is 2. The number of benzene rings is 2. The highest BCUT2D eigenvalue weighted by Gasteiger charge is 2.36. The van der Waals surface area contributed by atoms with Gasteiger partial charge in [-0.3, -0.25) is 19.2 Å². The Labute approximate surface area is 246 Å². The van der Waals surface area contributed by atoms with Gasteiger partial charge in [0, 0.05) is 50.0 Å². The van der Waals surface area contributed by atoms with Crippen molar-refractivity contribution >= 4 is 23.5 Å². The molecule has 0 spiro atoms. The zero-order valence-corrected chi connectivity index (χ0v) is 24.9. The smallest absolute Gasteiger partial charge is 0.309 e. The van der Waals surface area contributed by atoms with Gasteiger partial charge in [0.15, 0.2) is 11.6 Å². The van der Waals surface area contributed by atoms with Crippen LogP contribution in [0.2, 0.25) is 0 Å². The molecule has 42 heavy (non-hydrogen) atoms. The predicted molar refractivity (Wildman–Crippen MR) is 156 cm³/mol. The minimum Gasteiger partial charge on any atom is -0.422 e. The lowest BCUT2D eigenvalue weighted by atomic mass is 10.0. The molecule has 0 aliphatic carbocycles. The van der Waals surface area contributed by atoms with Gasteiger partial charge in [0.2, 0.25) is 0 Å². The van der Waals surface area contributed by atoms with E-state index in [-0.39, 0.29) is 24.4 Å². The maximum atomic E-state index is 13.1. The van der Waals surface area contributed by atoms with Crippen LogP contribution in [0.1, 0.15) is 58.5 Å². The SMILES string of the molecule is Cc1ccc(C(=O)C(C)N2C=CN(C)C2OC(=O)CCC(=O)OC2N(C)C=CN2C(C)C(=O)c2ccc(C)cc2)cc1. The summed E-state index contributed by atoms with van der Waals surface area (Å²) in [5.74, 6) is -1.42. The maximum absolute atomic E-state index is 13.1. The second-order valence-electron chi connectivity index (χ2n) is 10.8. The van der Waals surface area contributed by atoms with Crippen molar-refractivity contribution in [3.05, 3.63) is 95.6 Å². The van der Waals surface area contributed by atoms with Gasteiger partial charge < -0.3 is 29.1 Å². The molecule has 0 amide bonds. The second-order valence-corrected chi connectivity index (χ2v) is 10.8. The molecule has 0 saturated carbocycles. The van der Waals surface area contributed by atoms with E-state index in [1.165, 1.54) is 0 Å². The molecule has 10 nitrogen and oxygen atoms in total. The molecule has 10 heteroatoms. The van der Waals surface area contributed by atoms with E-state index in [1.54, 1.807) is 96.6 Å². The van der Waals surface area contributed by atoms with E-state index in [0.29, 0.717) is 11.1 Å². The van der Waals surface area contributed by atoms with E-state index in [9.17, 15) is 19.2 Å². The zero-order valence-electron chi connectivity index (χ0n) is 24.9. The molecule has 2 aliphatic rings. The zero-order chi connectivity index (χ0) is 30.6. The van der Waals surface area contributed by atoms with Gasteiger partial charge in [-0.2, -0.15) is 0 Å². The van der Waals surface area contributed by atoms with Gasteiger partial charge >= 0.3 is 11.9 Å². The molecule has 2 aliphatic heterocycles. The van der Waals surface area contributed by atoms with Crippen LogP contribution in [0.25, 0.3) is 0 Å². The molecule has 0 fully saturated rings. The molecule has 0 aromatic heterocycles. The van der Waals surface area contributed by atoms with Crippen LogP contribution in [-0.4, -0.2) is 82.0 Å². The fraction of sp³-hybridized carbons (Fsp3) is 0.375. The Morgan fingerprint density at radius 1 is 0.619 bits per heavy atom. The van der Waals surface area contributed by atoms with Crippen molar-refractivity contribution in [1.29, 1.82) is 0 Å². The van der Waals surface area contributed by atoms with Gasteiger partial charge in [-0.05, 0) is 27.7 Å². The number of Topliss-reactive ketones (excluding diaryl/α,β-unsaturated/α-hetero) is 2. The van der Waals surface area contributed by atoms with E-state index in [4.69, 9.17) is 9.47 Å². The minimum atomic E-state index is -0.827. The molecular formula is C32H38N4O6. The van der Waals surface area contributed by atoms with Crippen molar-refractivity contribution in [2.75, 3.05) is 14.1 Å². The second kappa shape index (κ2) is 12.9. The predicted octanol–water partition coefficient (Wildman–Crippen LogP) is 4.02. The van der Waals surface area contributed by atoms with E-state index >= 15 is 0 Å². The summed E-state index contributed by atoms with van der Waals surface area (Å²) < 4.78 is 11.3. The molecule has 4 atom stereocenters. The summed E-state index contributed by atoms with van der Waals surface area (Å²) in [6.07, 6.45) is 4.79. The van der Waals surface area contributed by atoms with E-state index in [2.05, 4.69) is 0 Å². The monoisotopic (exact) mass is 574 g/mol. The Balaban J connectivity index is 1.30. The normalized spacial score (nSPS) is 19.2. The number of nitrogens with zero attached hydrogens (tertiary/aromatic N) is 4. The van der Waals surface area contributed by atoms with Gasteiger partial charge in [0.25, 0.3) is 12.7 Å². The fourth-order valence-corrected chi connectivity index (χ4v) is 4.75. The highest BCUT2D eigenvalue weighted by Crippen LogP contribution is 2.24. The molecule has 4 rings (SSSR count). The van der Waals surface area contributed by atoms with Crippen molar-refractivity contribution in [2.24, 2.45) is 0 Å². The van der Waals surface area contributed by atoms with Crippen molar-refractivity contribution in [2.45, 2.75) is 65.3 Å². The fourth-order valence-electron chi connectivity index (χ4n) is 4.75. The number of esters is 2. The summed E-state index contributed by atoms with van der Waals surface area (Å²) in [6, 6.07) is 13.5. The third-order valence-electron chi connectivity index (χ3n) is 7.49. The quantitative estimate of drug-likeness (QED) is 0.289. The Morgan fingerprint density at radius 3 is 1.29 bits per heavy atom. The first-order valence-electron chi connectivity index (χ1n) is 13.9. The van der Waals surface area contributed by atoms with Gasteiger partial charge in [-0.1, -0.05) is 59.7 Å². The third-order valence-corrected chi connectivity index (χ3v) is 7.49. The van der Waals surface area contributed by atoms with E-state index < -0.39 is 36.7 Å². The highest BCUT2D eigenvalue weighted by molar-refractivity contribution is 6.00. The van der Waals surface area contributed by atoms with Crippen LogP contribution in [-0.2, 0) is 19.1 Å². The molecule has 0 saturated heterocycles. The standard InChI is InChI=1S/C32H38N4O6/c1-21-7-11-25(12-8-21)29(39)23(3)35-19-17-33(5)31(35)41-27(37)15-16-28(38)42-32-34(6)18-20-36(32)24(4)30(40)26-13-9-22(2)10-14-26/h7-14,17-20,23-24,31-32H,15-16H2,1-6H3. The lowest BCUT2D eigenvalue weighted by molar-refractivity contribution is -0.175. The van der Waals surface area contributed by atoms with Crippen molar-refractivity contribution in [3.8, 4) is 0 Å². The summed E-state index contributed by atoms with van der Waals surface area (Å²) >= 11 is 0. The average Bonchev–Trinajstić information content (AvgIpc) is 3.52. The van der Waals surface area contributed by atoms with Gasteiger partial charge in [0.05, 0.1) is 24.9 Å². The van der Waals surface area contributed by atoms with Crippen LogP contribution in [0.3, 0.4) is 0 Å². The van der Waals surface area contributed by atoms with Crippen LogP contribution in [0.5, 0.6) is 0 Å². The largest absolute Gasteiger partial charge is 0.422 e. The summed E-state index contributed by atoms with van der Waals surface area (Å²) in [5, 5.41) is 0. The van der Waals surface area contributed by atoms with Crippen molar-refractivity contribution < 1.29 is 28.7 Å². The number of hydrogen-bond acceptors (Lipinski definition) is 10. The van der Waals surface area contributed by atoms with Gasteiger partial charge in [-0.15, -0.1) is 0 Å². The van der Waals surface area contributed by atoms with Crippen LogP contribution < -0.4 is 0 Å². The molecule has 2 heterocycles. The molecule has 0 radical (unpaired) electrons. The maximum Gasteiger partial charge on any atom is 0.309 e. The van der Waals surface area contributed by atoms with Crippen molar-refractivity contribution in [1.82, 2.24) is 19.6 Å².